The van der Waals surface area contributed by atoms with Crippen LogP contribution in [0.5, 0.6) is 0 Å². The van der Waals surface area contributed by atoms with E-state index >= 15 is 0 Å². The van der Waals surface area contributed by atoms with Crippen LogP contribution in [-0.4, -0.2) is 40.9 Å². The number of para-hydroxylation sites is 1. The maximum absolute atomic E-state index is 12.3. The first-order valence-electron chi connectivity index (χ1n) is 6.90. The van der Waals surface area contributed by atoms with Gasteiger partial charge in [0, 0.05) is 18.3 Å². The molecule has 0 atom stereocenters. The maximum Gasteiger partial charge on any atom is 0.242 e. The number of sulfonamides is 1. The SMILES string of the molecule is CCS(=O)(=O)CCNc1ccccc1S(=O)(=O)NC1CC1. The van der Waals surface area contributed by atoms with Gasteiger partial charge >= 0.3 is 0 Å². The fraction of sp³-hybridized carbons (Fsp3) is 0.538. The molecule has 118 valence electrons. The zero-order valence-corrected chi connectivity index (χ0v) is 13.5. The van der Waals surface area contributed by atoms with Crippen LogP contribution in [0.1, 0.15) is 19.8 Å². The summed E-state index contributed by atoms with van der Waals surface area (Å²) >= 11 is 0. The van der Waals surface area contributed by atoms with Gasteiger partial charge in [-0.3, -0.25) is 0 Å². The normalized spacial score (nSPS) is 15.9. The van der Waals surface area contributed by atoms with E-state index in [2.05, 4.69) is 10.0 Å². The molecule has 0 spiro atoms. The van der Waals surface area contributed by atoms with Gasteiger partial charge in [-0.05, 0) is 25.0 Å². The van der Waals surface area contributed by atoms with Crippen molar-refractivity contribution in [3.8, 4) is 0 Å². The molecule has 1 aromatic carbocycles. The predicted molar refractivity (Wildman–Crippen MR) is 82.6 cm³/mol. The highest BCUT2D eigenvalue weighted by atomic mass is 32.2. The van der Waals surface area contributed by atoms with Gasteiger partial charge in [-0.25, -0.2) is 21.6 Å². The number of hydrogen-bond acceptors (Lipinski definition) is 5. The van der Waals surface area contributed by atoms with Crippen molar-refractivity contribution in [2.45, 2.75) is 30.7 Å². The van der Waals surface area contributed by atoms with Gasteiger partial charge < -0.3 is 5.32 Å². The Morgan fingerprint density at radius 3 is 2.43 bits per heavy atom. The summed E-state index contributed by atoms with van der Waals surface area (Å²) in [6.07, 6.45) is 1.73. The lowest BCUT2D eigenvalue weighted by atomic mass is 10.3. The third kappa shape index (κ3) is 4.69. The van der Waals surface area contributed by atoms with Gasteiger partial charge in [-0.1, -0.05) is 19.1 Å². The van der Waals surface area contributed by atoms with Crippen molar-refractivity contribution in [3.05, 3.63) is 24.3 Å². The molecule has 2 rings (SSSR count). The summed E-state index contributed by atoms with van der Waals surface area (Å²) in [5, 5.41) is 2.91. The molecule has 0 aromatic heterocycles. The average Bonchev–Trinajstić information content (AvgIpc) is 3.22. The maximum atomic E-state index is 12.3. The van der Waals surface area contributed by atoms with Gasteiger partial charge in [-0.15, -0.1) is 0 Å². The molecule has 1 fully saturated rings. The van der Waals surface area contributed by atoms with Crippen LogP contribution >= 0.6 is 0 Å². The second-order valence-corrected chi connectivity index (χ2v) is 9.21. The van der Waals surface area contributed by atoms with E-state index in [1.54, 1.807) is 25.1 Å². The van der Waals surface area contributed by atoms with E-state index in [9.17, 15) is 16.8 Å². The Balaban J connectivity index is 2.10. The Labute approximate surface area is 125 Å². The molecule has 0 bridgehead atoms. The topological polar surface area (TPSA) is 92.3 Å². The minimum Gasteiger partial charge on any atom is -0.383 e. The van der Waals surface area contributed by atoms with Gasteiger partial charge in [0.15, 0.2) is 9.84 Å². The van der Waals surface area contributed by atoms with Gasteiger partial charge in [0.1, 0.15) is 4.90 Å². The highest BCUT2D eigenvalue weighted by Gasteiger charge is 2.29. The lowest BCUT2D eigenvalue weighted by Gasteiger charge is -2.13. The Hall–Kier alpha value is -1.12. The lowest BCUT2D eigenvalue weighted by molar-refractivity contribution is 0.581. The molecule has 1 aliphatic carbocycles. The number of benzene rings is 1. The van der Waals surface area contributed by atoms with Crippen LogP contribution in [0.3, 0.4) is 0 Å². The second-order valence-electron chi connectivity index (χ2n) is 5.05. The van der Waals surface area contributed by atoms with E-state index in [-0.39, 0.29) is 29.0 Å². The van der Waals surface area contributed by atoms with Crippen molar-refractivity contribution in [2.24, 2.45) is 0 Å². The molecule has 0 heterocycles. The smallest absolute Gasteiger partial charge is 0.242 e. The fourth-order valence-corrected chi connectivity index (χ4v) is 4.01. The van der Waals surface area contributed by atoms with Gasteiger partial charge in [0.25, 0.3) is 0 Å². The monoisotopic (exact) mass is 332 g/mol. The molecule has 1 saturated carbocycles. The van der Waals surface area contributed by atoms with Crippen molar-refractivity contribution in [2.75, 3.05) is 23.4 Å². The van der Waals surface area contributed by atoms with E-state index in [0.717, 1.165) is 12.8 Å². The highest BCUT2D eigenvalue weighted by Crippen LogP contribution is 2.25. The molecule has 0 saturated heterocycles. The van der Waals surface area contributed by atoms with Crippen LogP contribution in [0.25, 0.3) is 0 Å². The fourth-order valence-electron chi connectivity index (χ4n) is 1.82. The number of nitrogens with one attached hydrogen (secondary N) is 2. The third-order valence-corrected chi connectivity index (χ3v) is 6.53. The molecule has 0 amide bonds. The lowest BCUT2D eigenvalue weighted by Crippen LogP contribution is -2.27. The first kappa shape index (κ1) is 16.3. The first-order valence-corrected chi connectivity index (χ1v) is 10.2. The van der Waals surface area contributed by atoms with E-state index in [0.29, 0.717) is 5.69 Å². The van der Waals surface area contributed by atoms with Crippen LogP contribution < -0.4 is 10.0 Å². The van der Waals surface area contributed by atoms with E-state index in [1.807, 2.05) is 0 Å². The molecule has 21 heavy (non-hydrogen) atoms. The number of sulfone groups is 1. The molecule has 1 aliphatic rings. The molecular formula is C13H20N2O4S2. The van der Waals surface area contributed by atoms with Crippen molar-refractivity contribution < 1.29 is 16.8 Å². The summed E-state index contributed by atoms with van der Waals surface area (Å²) in [7, 11) is -6.64. The molecule has 6 nitrogen and oxygen atoms in total. The number of rotatable bonds is 8. The second kappa shape index (κ2) is 6.33. The molecule has 1 aromatic rings. The first-order chi connectivity index (χ1) is 9.84. The predicted octanol–water partition coefficient (Wildman–Crippen LogP) is 0.974. The third-order valence-electron chi connectivity index (χ3n) is 3.24. The van der Waals surface area contributed by atoms with E-state index in [1.165, 1.54) is 6.07 Å². The molecular weight excluding hydrogens is 312 g/mol. The zero-order chi connectivity index (χ0) is 15.5. The Morgan fingerprint density at radius 2 is 1.81 bits per heavy atom. The van der Waals surface area contributed by atoms with Crippen LogP contribution in [0.2, 0.25) is 0 Å². The van der Waals surface area contributed by atoms with Crippen molar-refractivity contribution >= 4 is 25.5 Å². The van der Waals surface area contributed by atoms with Crippen molar-refractivity contribution in [1.29, 1.82) is 0 Å². The minimum absolute atomic E-state index is 0.0199. The summed E-state index contributed by atoms with van der Waals surface area (Å²) in [5.41, 5.74) is 0.428. The van der Waals surface area contributed by atoms with Crippen LogP contribution in [-0.2, 0) is 19.9 Å². The van der Waals surface area contributed by atoms with Crippen LogP contribution in [0.4, 0.5) is 5.69 Å². The van der Waals surface area contributed by atoms with Gasteiger partial charge in [0.2, 0.25) is 10.0 Å². The summed E-state index contributed by atoms with van der Waals surface area (Å²) in [5.74, 6) is 0.0613. The molecule has 2 N–H and O–H groups in total. The zero-order valence-electron chi connectivity index (χ0n) is 11.9. The van der Waals surface area contributed by atoms with E-state index < -0.39 is 19.9 Å². The molecule has 0 unspecified atom stereocenters. The van der Waals surface area contributed by atoms with Crippen molar-refractivity contribution in [3.63, 3.8) is 0 Å². The van der Waals surface area contributed by atoms with Gasteiger partial charge in [0.05, 0.1) is 11.4 Å². The van der Waals surface area contributed by atoms with E-state index in [4.69, 9.17) is 0 Å². The number of anilines is 1. The Morgan fingerprint density at radius 1 is 1.14 bits per heavy atom. The molecule has 8 heteroatoms. The largest absolute Gasteiger partial charge is 0.383 e. The highest BCUT2D eigenvalue weighted by molar-refractivity contribution is 7.91. The summed E-state index contributed by atoms with van der Waals surface area (Å²) in [4.78, 5) is 0.158. The van der Waals surface area contributed by atoms with Crippen LogP contribution in [0.15, 0.2) is 29.2 Å². The standard InChI is InChI=1S/C13H20N2O4S2/c1-2-20(16,17)10-9-14-12-5-3-4-6-13(12)21(18,19)15-11-7-8-11/h3-6,11,14-15H,2,7-10H2,1H3. The summed E-state index contributed by atoms with van der Waals surface area (Å²) in [6, 6.07) is 6.55. The molecule has 0 radical (unpaired) electrons. The molecule has 0 aliphatic heterocycles. The van der Waals surface area contributed by atoms with Crippen molar-refractivity contribution in [1.82, 2.24) is 4.72 Å². The Kier molecular flexibility index (Phi) is 4.90. The summed E-state index contributed by atoms with van der Waals surface area (Å²) < 4.78 is 50.0. The number of hydrogen-bond donors (Lipinski definition) is 2. The van der Waals surface area contributed by atoms with Crippen LogP contribution in [0, 0.1) is 0 Å². The van der Waals surface area contributed by atoms with Gasteiger partial charge in [-0.2, -0.15) is 0 Å². The summed E-state index contributed by atoms with van der Waals surface area (Å²) in [6.45, 7) is 1.78. The Bertz CT molecular complexity index is 695. The average molecular weight is 332 g/mol. The quantitative estimate of drug-likeness (QED) is 0.740. The minimum atomic E-state index is -3.56.